The smallest absolute Gasteiger partial charge is 0.161 e. The molecule has 0 N–H and O–H groups in total. The fraction of sp³-hybridized carbons (Fsp3) is 0.174. The van der Waals surface area contributed by atoms with Crippen LogP contribution < -0.4 is 18.9 Å². The van der Waals surface area contributed by atoms with Crippen LogP contribution in [0.5, 0.6) is 28.7 Å². The van der Waals surface area contributed by atoms with E-state index in [1.165, 1.54) is 0 Å². The van der Waals surface area contributed by atoms with Gasteiger partial charge in [0.1, 0.15) is 23.5 Å². The third-order valence-electron chi connectivity index (χ3n) is 3.92. The summed E-state index contributed by atoms with van der Waals surface area (Å²) in [6.07, 6.45) is 1.47. The van der Waals surface area contributed by atoms with E-state index < -0.39 is 0 Å². The SMILES string of the molecule is COc1cc(C=O)ccc1OCCCOc1cccc(Oc2ccccc2)c1. The second-order valence-corrected chi connectivity index (χ2v) is 5.97. The molecular formula is C23H22O5. The van der Waals surface area contributed by atoms with Gasteiger partial charge in [-0.15, -0.1) is 0 Å². The van der Waals surface area contributed by atoms with Crippen LogP contribution in [0, 0.1) is 0 Å². The van der Waals surface area contributed by atoms with Crippen LogP contribution in [0.1, 0.15) is 16.8 Å². The predicted molar refractivity (Wildman–Crippen MR) is 107 cm³/mol. The molecule has 3 aromatic rings. The molecule has 0 radical (unpaired) electrons. The van der Waals surface area contributed by atoms with E-state index in [0.717, 1.165) is 23.5 Å². The minimum absolute atomic E-state index is 0.469. The molecule has 0 saturated heterocycles. The lowest BCUT2D eigenvalue weighted by atomic mass is 10.2. The molecule has 0 aliphatic rings. The van der Waals surface area contributed by atoms with Crippen molar-refractivity contribution in [2.24, 2.45) is 0 Å². The summed E-state index contributed by atoms with van der Waals surface area (Å²) in [6.45, 7) is 0.973. The zero-order valence-corrected chi connectivity index (χ0v) is 15.7. The van der Waals surface area contributed by atoms with E-state index in [0.29, 0.717) is 36.7 Å². The minimum atomic E-state index is 0.469. The van der Waals surface area contributed by atoms with Crippen LogP contribution in [0.25, 0.3) is 0 Å². The number of para-hydroxylation sites is 1. The third kappa shape index (κ3) is 5.51. The van der Waals surface area contributed by atoms with Crippen LogP contribution in [0.3, 0.4) is 0 Å². The van der Waals surface area contributed by atoms with Crippen molar-refractivity contribution in [3.63, 3.8) is 0 Å². The summed E-state index contributed by atoms with van der Waals surface area (Å²) in [5, 5.41) is 0. The van der Waals surface area contributed by atoms with Gasteiger partial charge in [-0.1, -0.05) is 24.3 Å². The minimum Gasteiger partial charge on any atom is -0.493 e. The number of rotatable bonds is 10. The van der Waals surface area contributed by atoms with Crippen molar-refractivity contribution >= 4 is 6.29 Å². The molecule has 0 amide bonds. The maximum atomic E-state index is 10.8. The molecule has 28 heavy (non-hydrogen) atoms. The Morgan fingerprint density at radius 3 is 2.29 bits per heavy atom. The van der Waals surface area contributed by atoms with Gasteiger partial charge in [0.05, 0.1) is 20.3 Å². The molecule has 0 spiro atoms. The van der Waals surface area contributed by atoms with Crippen LogP contribution in [0.2, 0.25) is 0 Å². The van der Waals surface area contributed by atoms with Gasteiger partial charge in [0, 0.05) is 18.1 Å². The first-order valence-corrected chi connectivity index (χ1v) is 9.00. The van der Waals surface area contributed by atoms with Gasteiger partial charge < -0.3 is 18.9 Å². The highest BCUT2D eigenvalue weighted by atomic mass is 16.5. The van der Waals surface area contributed by atoms with E-state index in [-0.39, 0.29) is 0 Å². The van der Waals surface area contributed by atoms with Gasteiger partial charge in [0.15, 0.2) is 11.5 Å². The third-order valence-corrected chi connectivity index (χ3v) is 3.92. The fourth-order valence-electron chi connectivity index (χ4n) is 2.56. The lowest BCUT2D eigenvalue weighted by molar-refractivity contribution is 0.112. The molecule has 0 heterocycles. The summed E-state index contributed by atoms with van der Waals surface area (Å²) in [7, 11) is 1.55. The Balaban J connectivity index is 1.45. The molecule has 5 nitrogen and oxygen atoms in total. The van der Waals surface area contributed by atoms with E-state index in [2.05, 4.69) is 0 Å². The average Bonchev–Trinajstić information content (AvgIpc) is 2.74. The van der Waals surface area contributed by atoms with Crippen molar-refractivity contribution in [2.75, 3.05) is 20.3 Å². The van der Waals surface area contributed by atoms with E-state index in [1.807, 2.05) is 54.6 Å². The average molecular weight is 378 g/mol. The summed E-state index contributed by atoms with van der Waals surface area (Å²) >= 11 is 0. The highest BCUT2D eigenvalue weighted by Gasteiger charge is 2.06. The second-order valence-electron chi connectivity index (χ2n) is 5.97. The quantitative estimate of drug-likeness (QED) is 0.361. The van der Waals surface area contributed by atoms with Gasteiger partial charge in [-0.2, -0.15) is 0 Å². The van der Waals surface area contributed by atoms with Gasteiger partial charge in [-0.3, -0.25) is 4.79 Å². The summed E-state index contributed by atoms with van der Waals surface area (Å²) in [5.41, 5.74) is 0.546. The first-order chi connectivity index (χ1) is 13.8. The molecular weight excluding hydrogens is 356 g/mol. The highest BCUT2D eigenvalue weighted by molar-refractivity contribution is 5.76. The number of hydrogen-bond acceptors (Lipinski definition) is 5. The van der Waals surface area contributed by atoms with Crippen molar-refractivity contribution in [1.29, 1.82) is 0 Å². The Morgan fingerprint density at radius 2 is 1.50 bits per heavy atom. The lowest BCUT2D eigenvalue weighted by Crippen LogP contribution is -2.06. The largest absolute Gasteiger partial charge is 0.493 e. The molecule has 0 unspecified atom stereocenters. The maximum Gasteiger partial charge on any atom is 0.161 e. The number of benzene rings is 3. The molecule has 3 rings (SSSR count). The zero-order chi connectivity index (χ0) is 19.6. The first-order valence-electron chi connectivity index (χ1n) is 9.00. The van der Waals surface area contributed by atoms with Crippen LogP contribution in [0.4, 0.5) is 0 Å². The Bertz CT molecular complexity index is 893. The topological polar surface area (TPSA) is 54.0 Å². The Labute approximate surface area is 164 Å². The van der Waals surface area contributed by atoms with Crippen LogP contribution in [0.15, 0.2) is 72.8 Å². The molecule has 0 aromatic heterocycles. The van der Waals surface area contributed by atoms with Crippen molar-refractivity contribution in [1.82, 2.24) is 0 Å². The molecule has 0 atom stereocenters. The lowest BCUT2D eigenvalue weighted by Gasteiger charge is -2.12. The summed E-state index contributed by atoms with van der Waals surface area (Å²) in [5.74, 6) is 3.38. The van der Waals surface area contributed by atoms with Crippen LogP contribution in [-0.2, 0) is 0 Å². The zero-order valence-electron chi connectivity index (χ0n) is 15.7. The molecule has 0 aliphatic heterocycles. The highest BCUT2D eigenvalue weighted by Crippen LogP contribution is 2.28. The molecule has 3 aromatic carbocycles. The second kappa shape index (κ2) is 10.0. The molecule has 0 bridgehead atoms. The summed E-state index contributed by atoms with van der Waals surface area (Å²) in [6, 6.07) is 22.2. The van der Waals surface area contributed by atoms with Gasteiger partial charge >= 0.3 is 0 Å². The monoisotopic (exact) mass is 378 g/mol. The number of carbonyl (C=O) groups excluding carboxylic acids is 1. The number of carbonyl (C=O) groups is 1. The molecule has 0 saturated carbocycles. The summed E-state index contributed by atoms with van der Waals surface area (Å²) < 4.78 is 22.6. The summed E-state index contributed by atoms with van der Waals surface area (Å²) in [4.78, 5) is 10.8. The van der Waals surface area contributed by atoms with Gasteiger partial charge in [0.25, 0.3) is 0 Å². The number of ether oxygens (including phenoxy) is 4. The van der Waals surface area contributed by atoms with Crippen molar-refractivity contribution in [2.45, 2.75) is 6.42 Å². The number of hydrogen-bond donors (Lipinski definition) is 0. The van der Waals surface area contributed by atoms with Crippen LogP contribution >= 0.6 is 0 Å². The molecule has 5 heteroatoms. The van der Waals surface area contributed by atoms with E-state index in [4.69, 9.17) is 18.9 Å². The van der Waals surface area contributed by atoms with Gasteiger partial charge in [-0.05, 0) is 42.5 Å². The number of aldehydes is 1. The molecule has 0 fully saturated rings. The first kappa shape index (κ1) is 19.3. The van der Waals surface area contributed by atoms with Crippen molar-refractivity contribution in [3.05, 3.63) is 78.4 Å². The predicted octanol–water partition coefficient (Wildman–Crippen LogP) is 5.15. The normalized spacial score (nSPS) is 10.2. The van der Waals surface area contributed by atoms with Gasteiger partial charge in [-0.25, -0.2) is 0 Å². The standard InChI is InChI=1S/C23H22O5/c1-25-23-15-18(17-24)11-12-22(23)27-14-6-13-26-20-9-5-10-21(16-20)28-19-7-3-2-4-8-19/h2-5,7-12,15-17H,6,13-14H2,1H3. The van der Waals surface area contributed by atoms with E-state index in [9.17, 15) is 4.79 Å². The maximum absolute atomic E-state index is 10.8. The Morgan fingerprint density at radius 1 is 0.750 bits per heavy atom. The molecule has 0 aliphatic carbocycles. The fourth-order valence-corrected chi connectivity index (χ4v) is 2.56. The Hall–Kier alpha value is -3.47. The van der Waals surface area contributed by atoms with Crippen LogP contribution in [-0.4, -0.2) is 26.6 Å². The Kier molecular flexibility index (Phi) is 6.90. The van der Waals surface area contributed by atoms with E-state index >= 15 is 0 Å². The van der Waals surface area contributed by atoms with E-state index in [1.54, 1.807) is 25.3 Å². The van der Waals surface area contributed by atoms with Gasteiger partial charge in [0.2, 0.25) is 0 Å². The van der Waals surface area contributed by atoms with Crippen molar-refractivity contribution in [3.8, 4) is 28.7 Å². The van der Waals surface area contributed by atoms with Crippen molar-refractivity contribution < 1.29 is 23.7 Å². The molecule has 144 valence electrons. The number of methoxy groups -OCH3 is 1.